The van der Waals surface area contributed by atoms with Crippen LogP contribution >= 0.6 is 0 Å². The van der Waals surface area contributed by atoms with Crippen LogP contribution in [0, 0.1) is 11.8 Å². The molecule has 120 valence electrons. The SMILES string of the molecule is C=C(C)C(O)CC(C(=O)O)C(CC(=O)NCCN)C(=O)O. The molecular formula is C13H22N2O6. The molecule has 0 radical (unpaired) electrons. The van der Waals surface area contributed by atoms with Crippen LogP contribution in [0.5, 0.6) is 0 Å². The van der Waals surface area contributed by atoms with Crippen molar-refractivity contribution in [1.82, 2.24) is 5.32 Å². The van der Waals surface area contributed by atoms with Crippen LogP contribution in [0.2, 0.25) is 0 Å². The van der Waals surface area contributed by atoms with E-state index in [9.17, 15) is 19.5 Å². The molecule has 0 aromatic rings. The summed E-state index contributed by atoms with van der Waals surface area (Å²) in [5, 5.41) is 30.4. The number of aliphatic hydroxyl groups excluding tert-OH is 1. The first-order chi connectivity index (χ1) is 9.70. The molecule has 0 aliphatic carbocycles. The number of carboxylic acid groups (broad SMARTS) is 2. The van der Waals surface area contributed by atoms with E-state index in [4.69, 9.17) is 15.9 Å². The van der Waals surface area contributed by atoms with Crippen molar-refractivity contribution in [3.05, 3.63) is 12.2 Å². The van der Waals surface area contributed by atoms with Crippen molar-refractivity contribution in [3.63, 3.8) is 0 Å². The molecule has 0 saturated heterocycles. The van der Waals surface area contributed by atoms with E-state index < -0.39 is 42.2 Å². The van der Waals surface area contributed by atoms with Gasteiger partial charge in [-0.1, -0.05) is 12.2 Å². The summed E-state index contributed by atoms with van der Waals surface area (Å²) < 4.78 is 0. The first-order valence-electron chi connectivity index (χ1n) is 6.46. The van der Waals surface area contributed by atoms with Crippen molar-refractivity contribution < 1.29 is 29.7 Å². The zero-order valence-corrected chi connectivity index (χ0v) is 11.9. The van der Waals surface area contributed by atoms with Gasteiger partial charge in [-0.2, -0.15) is 0 Å². The highest BCUT2D eigenvalue weighted by molar-refractivity contribution is 5.86. The predicted molar refractivity (Wildman–Crippen MR) is 74.4 cm³/mol. The molecule has 0 aliphatic heterocycles. The third-order valence-corrected chi connectivity index (χ3v) is 3.04. The smallest absolute Gasteiger partial charge is 0.307 e. The fourth-order valence-corrected chi connectivity index (χ4v) is 1.76. The molecule has 0 aromatic heterocycles. The number of hydrogen-bond acceptors (Lipinski definition) is 5. The van der Waals surface area contributed by atoms with Gasteiger partial charge in [0.15, 0.2) is 0 Å². The summed E-state index contributed by atoms with van der Waals surface area (Å²) in [5.74, 6) is -6.20. The number of carbonyl (C=O) groups excluding carboxylic acids is 1. The third kappa shape index (κ3) is 6.87. The molecule has 0 saturated carbocycles. The van der Waals surface area contributed by atoms with Crippen molar-refractivity contribution in [2.45, 2.75) is 25.9 Å². The lowest BCUT2D eigenvalue weighted by Gasteiger charge is -2.22. The zero-order valence-electron chi connectivity index (χ0n) is 11.9. The molecule has 0 heterocycles. The number of aliphatic carboxylic acids is 2. The summed E-state index contributed by atoms with van der Waals surface area (Å²) in [7, 11) is 0. The Balaban J connectivity index is 5.00. The Morgan fingerprint density at radius 3 is 2.10 bits per heavy atom. The van der Waals surface area contributed by atoms with E-state index in [0.717, 1.165) is 0 Å². The average Bonchev–Trinajstić information content (AvgIpc) is 2.39. The van der Waals surface area contributed by atoms with Crippen LogP contribution in [-0.2, 0) is 14.4 Å². The second-order valence-electron chi connectivity index (χ2n) is 4.83. The van der Waals surface area contributed by atoms with Gasteiger partial charge in [-0.3, -0.25) is 14.4 Å². The Bertz CT molecular complexity index is 409. The molecule has 0 rings (SSSR count). The normalized spacial score (nSPS) is 14.8. The number of hydrogen-bond donors (Lipinski definition) is 5. The monoisotopic (exact) mass is 302 g/mol. The summed E-state index contributed by atoms with van der Waals surface area (Å²) in [6, 6.07) is 0. The van der Waals surface area contributed by atoms with Crippen LogP contribution in [0.4, 0.5) is 0 Å². The molecule has 6 N–H and O–H groups in total. The molecule has 0 aliphatic rings. The molecular weight excluding hydrogens is 280 g/mol. The Morgan fingerprint density at radius 1 is 1.19 bits per heavy atom. The maximum Gasteiger partial charge on any atom is 0.307 e. The lowest BCUT2D eigenvalue weighted by Crippen LogP contribution is -2.38. The predicted octanol–water partition coefficient (Wildman–Crippen LogP) is -0.820. The Kier molecular flexibility index (Phi) is 8.25. The standard InChI is InChI=1S/C13H22N2O6/c1-7(2)10(16)5-8(12(18)19)9(13(20)21)6-11(17)15-4-3-14/h8-10,16H,1,3-6,14H2,2H3,(H,15,17)(H,18,19)(H,20,21). The van der Waals surface area contributed by atoms with Crippen LogP contribution in [0.1, 0.15) is 19.8 Å². The largest absolute Gasteiger partial charge is 0.481 e. The molecule has 1 amide bonds. The summed E-state index contributed by atoms with van der Waals surface area (Å²) in [6.07, 6.45) is -1.94. The highest BCUT2D eigenvalue weighted by Crippen LogP contribution is 2.24. The number of carboxylic acids is 2. The molecule has 3 atom stereocenters. The molecule has 0 aromatic carbocycles. The van der Waals surface area contributed by atoms with E-state index in [1.807, 2.05) is 0 Å². The number of carbonyl (C=O) groups is 3. The van der Waals surface area contributed by atoms with Gasteiger partial charge in [-0.05, 0) is 13.3 Å². The van der Waals surface area contributed by atoms with E-state index in [-0.39, 0.29) is 19.5 Å². The molecule has 0 fully saturated rings. The van der Waals surface area contributed by atoms with Crippen LogP contribution in [0.25, 0.3) is 0 Å². The Hall–Kier alpha value is -1.93. The summed E-state index contributed by atoms with van der Waals surface area (Å²) in [5.41, 5.74) is 5.54. The van der Waals surface area contributed by atoms with Gasteiger partial charge in [0, 0.05) is 19.5 Å². The third-order valence-electron chi connectivity index (χ3n) is 3.04. The minimum absolute atomic E-state index is 0.178. The van der Waals surface area contributed by atoms with Gasteiger partial charge < -0.3 is 26.4 Å². The number of nitrogens with two attached hydrogens (primary N) is 1. The van der Waals surface area contributed by atoms with Crippen molar-refractivity contribution in [2.75, 3.05) is 13.1 Å². The van der Waals surface area contributed by atoms with E-state index in [0.29, 0.717) is 5.57 Å². The summed E-state index contributed by atoms with van der Waals surface area (Å²) >= 11 is 0. The number of amides is 1. The van der Waals surface area contributed by atoms with Gasteiger partial charge in [-0.25, -0.2) is 0 Å². The zero-order chi connectivity index (χ0) is 16.6. The fourth-order valence-electron chi connectivity index (χ4n) is 1.76. The molecule has 0 bridgehead atoms. The van der Waals surface area contributed by atoms with Crippen molar-refractivity contribution in [3.8, 4) is 0 Å². The first-order valence-corrected chi connectivity index (χ1v) is 6.46. The number of aliphatic hydroxyl groups is 1. The highest BCUT2D eigenvalue weighted by atomic mass is 16.4. The minimum Gasteiger partial charge on any atom is -0.481 e. The van der Waals surface area contributed by atoms with Crippen LogP contribution in [-0.4, -0.2) is 52.4 Å². The molecule has 8 heteroatoms. The van der Waals surface area contributed by atoms with E-state index in [1.54, 1.807) is 0 Å². The topological polar surface area (TPSA) is 150 Å². The molecule has 0 spiro atoms. The maximum atomic E-state index is 11.6. The van der Waals surface area contributed by atoms with Gasteiger partial charge >= 0.3 is 11.9 Å². The number of nitrogens with one attached hydrogen (secondary N) is 1. The van der Waals surface area contributed by atoms with Crippen molar-refractivity contribution >= 4 is 17.8 Å². The Morgan fingerprint density at radius 2 is 1.71 bits per heavy atom. The maximum absolute atomic E-state index is 11.6. The second-order valence-corrected chi connectivity index (χ2v) is 4.83. The lowest BCUT2D eigenvalue weighted by molar-refractivity contribution is -0.156. The summed E-state index contributed by atoms with van der Waals surface area (Å²) in [6.45, 7) is 5.37. The lowest BCUT2D eigenvalue weighted by atomic mass is 9.84. The van der Waals surface area contributed by atoms with Crippen molar-refractivity contribution in [1.29, 1.82) is 0 Å². The quantitative estimate of drug-likeness (QED) is 0.331. The average molecular weight is 302 g/mol. The van der Waals surface area contributed by atoms with Crippen LogP contribution < -0.4 is 11.1 Å². The van der Waals surface area contributed by atoms with E-state index in [1.165, 1.54) is 6.92 Å². The van der Waals surface area contributed by atoms with E-state index >= 15 is 0 Å². The second kappa shape index (κ2) is 9.09. The molecule has 3 unspecified atom stereocenters. The van der Waals surface area contributed by atoms with Gasteiger partial charge in [0.05, 0.1) is 17.9 Å². The van der Waals surface area contributed by atoms with Gasteiger partial charge in [0.1, 0.15) is 0 Å². The fraction of sp³-hybridized carbons (Fsp3) is 0.615. The molecule has 8 nitrogen and oxygen atoms in total. The highest BCUT2D eigenvalue weighted by Gasteiger charge is 2.36. The van der Waals surface area contributed by atoms with E-state index in [2.05, 4.69) is 11.9 Å². The van der Waals surface area contributed by atoms with Crippen LogP contribution in [0.15, 0.2) is 12.2 Å². The van der Waals surface area contributed by atoms with Crippen molar-refractivity contribution in [2.24, 2.45) is 17.6 Å². The molecule has 21 heavy (non-hydrogen) atoms. The summed E-state index contributed by atoms with van der Waals surface area (Å²) in [4.78, 5) is 34.0. The van der Waals surface area contributed by atoms with Gasteiger partial charge in [-0.15, -0.1) is 0 Å². The minimum atomic E-state index is -1.44. The van der Waals surface area contributed by atoms with Crippen LogP contribution in [0.3, 0.4) is 0 Å². The van der Waals surface area contributed by atoms with Gasteiger partial charge in [0.2, 0.25) is 5.91 Å². The van der Waals surface area contributed by atoms with Gasteiger partial charge in [0.25, 0.3) is 0 Å². The number of rotatable bonds is 10. The Labute approximate surface area is 122 Å². The first kappa shape index (κ1) is 19.1.